The van der Waals surface area contributed by atoms with Crippen molar-refractivity contribution in [2.75, 3.05) is 0 Å². The SMILES string of the molecule is Cc1ccccc1-n1c(C(C)Cl)nc2cc(F)ccc21. The Balaban J connectivity index is 2.38. The summed E-state index contributed by atoms with van der Waals surface area (Å²) in [4.78, 5) is 4.48. The Hall–Kier alpha value is -1.87. The summed E-state index contributed by atoms with van der Waals surface area (Å²) in [6.07, 6.45) is 0. The maximum Gasteiger partial charge on any atom is 0.132 e. The van der Waals surface area contributed by atoms with Crippen molar-refractivity contribution in [3.05, 3.63) is 59.7 Å². The van der Waals surface area contributed by atoms with E-state index in [2.05, 4.69) is 4.98 Å². The zero-order valence-electron chi connectivity index (χ0n) is 11.3. The first-order chi connectivity index (χ1) is 9.58. The number of aromatic nitrogens is 2. The summed E-state index contributed by atoms with van der Waals surface area (Å²) in [5.41, 5.74) is 3.62. The van der Waals surface area contributed by atoms with E-state index in [0.717, 1.165) is 22.6 Å². The second kappa shape index (κ2) is 4.91. The molecule has 0 saturated carbocycles. The number of nitrogens with zero attached hydrogens (tertiary/aromatic N) is 2. The van der Waals surface area contributed by atoms with Crippen LogP contribution in [0.1, 0.15) is 23.7 Å². The van der Waals surface area contributed by atoms with Crippen molar-refractivity contribution in [2.45, 2.75) is 19.2 Å². The van der Waals surface area contributed by atoms with Gasteiger partial charge in [0.1, 0.15) is 11.6 Å². The van der Waals surface area contributed by atoms with Gasteiger partial charge in [-0.3, -0.25) is 4.57 Å². The average molecular weight is 289 g/mol. The van der Waals surface area contributed by atoms with E-state index in [9.17, 15) is 4.39 Å². The highest BCUT2D eigenvalue weighted by Gasteiger charge is 2.17. The Kier molecular flexibility index (Phi) is 3.22. The number of halogens is 2. The summed E-state index contributed by atoms with van der Waals surface area (Å²) in [5.74, 6) is 0.433. The predicted octanol–water partition coefficient (Wildman–Crippen LogP) is 4.77. The van der Waals surface area contributed by atoms with Crippen LogP contribution in [-0.2, 0) is 0 Å². The molecule has 0 N–H and O–H groups in total. The van der Waals surface area contributed by atoms with Gasteiger partial charge >= 0.3 is 0 Å². The van der Waals surface area contributed by atoms with Crippen molar-refractivity contribution in [3.8, 4) is 5.69 Å². The molecule has 0 spiro atoms. The summed E-state index contributed by atoms with van der Waals surface area (Å²) >= 11 is 6.24. The van der Waals surface area contributed by atoms with E-state index in [-0.39, 0.29) is 11.2 Å². The fourth-order valence-electron chi connectivity index (χ4n) is 2.41. The summed E-state index contributed by atoms with van der Waals surface area (Å²) in [6.45, 7) is 3.90. The average Bonchev–Trinajstić information content (AvgIpc) is 2.78. The van der Waals surface area contributed by atoms with Crippen molar-refractivity contribution in [2.24, 2.45) is 0 Å². The molecule has 0 fully saturated rings. The lowest BCUT2D eigenvalue weighted by Gasteiger charge is -2.13. The highest BCUT2D eigenvalue weighted by atomic mass is 35.5. The second-order valence-corrected chi connectivity index (χ2v) is 5.50. The van der Waals surface area contributed by atoms with Gasteiger partial charge in [-0.2, -0.15) is 0 Å². The first kappa shape index (κ1) is 13.1. The lowest BCUT2D eigenvalue weighted by atomic mass is 10.2. The fourth-order valence-corrected chi connectivity index (χ4v) is 2.55. The van der Waals surface area contributed by atoms with Gasteiger partial charge in [-0.15, -0.1) is 11.6 Å². The third-order valence-corrected chi connectivity index (χ3v) is 3.55. The molecule has 0 aliphatic heterocycles. The molecule has 0 aliphatic carbocycles. The monoisotopic (exact) mass is 288 g/mol. The van der Waals surface area contributed by atoms with Crippen LogP contribution in [-0.4, -0.2) is 9.55 Å². The summed E-state index contributed by atoms with van der Waals surface area (Å²) in [7, 11) is 0. The third-order valence-electron chi connectivity index (χ3n) is 3.35. The van der Waals surface area contributed by atoms with Crippen LogP contribution in [0.3, 0.4) is 0 Å². The number of alkyl halides is 1. The Bertz CT molecular complexity index is 777. The molecule has 0 amide bonds. The smallest absolute Gasteiger partial charge is 0.132 e. The van der Waals surface area contributed by atoms with Gasteiger partial charge in [-0.25, -0.2) is 9.37 Å². The molecule has 1 heterocycles. The van der Waals surface area contributed by atoms with Gasteiger partial charge < -0.3 is 0 Å². The van der Waals surface area contributed by atoms with Crippen LogP contribution >= 0.6 is 11.6 Å². The number of aryl methyl sites for hydroxylation is 1. The molecule has 1 unspecified atom stereocenters. The molecule has 0 bridgehead atoms. The second-order valence-electron chi connectivity index (χ2n) is 4.84. The van der Waals surface area contributed by atoms with E-state index >= 15 is 0 Å². The number of imidazole rings is 1. The molecule has 1 aromatic heterocycles. The van der Waals surface area contributed by atoms with Gasteiger partial charge in [0.25, 0.3) is 0 Å². The van der Waals surface area contributed by atoms with Crippen LogP contribution in [0.15, 0.2) is 42.5 Å². The molecule has 2 nitrogen and oxygen atoms in total. The van der Waals surface area contributed by atoms with E-state index < -0.39 is 0 Å². The Morgan fingerprint density at radius 1 is 1.20 bits per heavy atom. The lowest BCUT2D eigenvalue weighted by Crippen LogP contribution is -2.03. The van der Waals surface area contributed by atoms with E-state index in [1.165, 1.54) is 12.1 Å². The summed E-state index contributed by atoms with van der Waals surface area (Å²) < 4.78 is 15.4. The molecule has 0 saturated heterocycles. The maximum atomic E-state index is 13.4. The van der Waals surface area contributed by atoms with Gasteiger partial charge in [0.2, 0.25) is 0 Å². The predicted molar refractivity (Wildman–Crippen MR) is 80.0 cm³/mol. The highest BCUT2D eigenvalue weighted by Crippen LogP contribution is 2.29. The molecule has 102 valence electrons. The highest BCUT2D eigenvalue weighted by molar-refractivity contribution is 6.20. The molecular formula is C16H14ClFN2. The Morgan fingerprint density at radius 2 is 1.95 bits per heavy atom. The van der Waals surface area contributed by atoms with E-state index in [4.69, 9.17) is 11.6 Å². The number of fused-ring (bicyclic) bond motifs is 1. The largest absolute Gasteiger partial charge is 0.295 e. The van der Waals surface area contributed by atoms with Crippen molar-refractivity contribution in [1.29, 1.82) is 0 Å². The zero-order chi connectivity index (χ0) is 14.3. The van der Waals surface area contributed by atoms with Crippen molar-refractivity contribution in [3.63, 3.8) is 0 Å². The molecular weight excluding hydrogens is 275 g/mol. The normalized spacial score (nSPS) is 12.8. The minimum absolute atomic E-state index is 0.259. The van der Waals surface area contributed by atoms with Crippen molar-refractivity contribution < 1.29 is 4.39 Å². The van der Waals surface area contributed by atoms with Gasteiger partial charge in [0, 0.05) is 6.07 Å². The molecule has 3 rings (SSSR count). The van der Waals surface area contributed by atoms with Gasteiger partial charge in [0.15, 0.2) is 0 Å². The molecule has 1 atom stereocenters. The standard InChI is InChI=1S/C16H14ClFN2/c1-10-5-3-4-6-14(10)20-15-8-7-12(18)9-13(15)19-16(20)11(2)17/h3-9,11H,1-2H3. The minimum Gasteiger partial charge on any atom is -0.295 e. The summed E-state index contributed by atoms with van der Waals surface area (Å²) in [5, 5.41) is -0.259. The Labute approximate surface area is 121 Å². The van der Waals surface area contributed by atoms with Gasteiger partial charge in [-0.05, 0) is 37.6 Å². The van der Waals surface area contributed by atoms with Gasteiger partial charge in [0.05, 0.1) is 22.1 Å². The third kappa shape index (κ3) is 2.08. The minimum atomic E-state index is -0.291. The molecule has 3 aromatic rings. The van der Waals surface area contributed by atoms with E-state index in [1.54, 1.807) is 6.07 Å². The molecule has 0 aliphatic rings. The van der Waals surface area contributed by atoms with Crippen LogP contribution in [0.25, 0.3) is 16.7 Å². The Morgan fingerprint density at radius 3 is 2.65 bits per heavy atom. The number of hydrogen-bond donors (Lipinski definition) is 0. The molecule has 0 radical (unpaired) electrons. The zero-order valence-corrected chi connectivity index (χ0v) is 12.0. The fraction of sp³-hybridized carbons (Fsp3) is 0.188. The number of hydrogen-bond acceptors (Lipinski definition) is 1. The number of rotatable bonds is 2. The van der Waals surface area contributed by atoms with E-state index in [1.807, 2.05) is 42.7 Å². The van der Waals surface area contributed by atoms with Crippen LogP contribution in [0.5, 0.6) is 0 Å². The van der Waals surface area contributed by atoms with Gasteiger partial charge in [-0.1, -0.05) is 18.2 Å². The quantitative estimate of drug-likeness (QED) is 0.621. The lowest BCUT2D eigenvalue weighted by molar-refractivity contribution is 0.629. The first-order valence-electron chi connectivity index (χ1n) is 6.46. The molecule has 20 heavy (non-hydrogen) atoms. The number of para-hydroxylation sites is 1. The summed E-state index contributed by atoms with van der Waals surface area (Å²) in [6, 6.07) is 12.6. The van der Waals surface area contributed by atoms with Crippen LogP contribution in [0.2, 0.25) is 0 Å². The van der Waals surface area contributed by atoms with Crippen LogP contribution < -0.4 is 0 Å². The number of benzene rings is 2. The van der Waals surface area contributed by atoms with Crippen LogP contribution in [0.4, 0.5) is 4.39 Å². The van der Waals surface area contributed by atoms with E-state index in [0.29, 0.717) is 5.52 Å². The molecule has 2 aromatic carbocycles. The topological polar surface area (TPSA) is 17.8 Å². The molecule has 4 heteroatoms. The van der Waals surface area contributed by atoms with Crippen molar-refractivity contribution in [1.82, 2.24) is 9.55 Å². The van der Waals surface area contributed by atoms with Crippen molar-refractivity contribution >= 4 is 22.6 Å². The first-order valence-corrected chi connectivity index (χ1v) is 6.89. The maximum absolute atomic E-state index is 13.4. The van der Waals surface area contributed by atoms with Crippen LogP contribution in [0, 0.1) is 12.7 Å².